The zero-order valence-corrected chi connectivity index (χ0v) is 16.2. The number of benzene rings is 3. The summed E-state index contributed by atoms with van der Waals surface area (Å²) in [6.07, 6.45) is 1.67. The molecule has 0 aliphatic carbocycles. The number of phenolic OH excluding ortho intramolecular Hbond substituents is 1. The lowest BCUT2D eigenvalue weighted by Gasteiger charge is -2.11. The van der Waals surface area contributed by atoms with Gasteiger partial charge >= 0.3 is 0 Å². The molecule has 4 nitrogen and oxygen atoms in total. The number of halogens is 2. The molecule has 3 aromatic carbocycles. The van der Waals surface area contributed by atoms with Crippen molar-refractivity contribution in [3.8, 4) is 33.9 Å². The molecule has 0 aliphatic rings. The summed E-state index contributed by atoms with van der Waals surface area (Å²) in [7, 11) is 0. The van der Waals surface area contributed by atoms with Gasteiger partial charge in [-0.1, -0.05) is 59.6 Å². The predicted molar refractivity (Wildman–Crippen MR) is 112 cm³/mol. The molecule has 0 bridgehead atoms. The maximum atomic E-state index is 10.6. The molecular weight excluding hydrogens is 395 g/mol. The van der Waals surface area contributed by atoms with Gasteiger partial charge in [0, 0.05) is 27.8 Å². The number of rotatable bonds is 5. The minimum atomic E-state index is 0.0844. The second kappa shape index (κ2) is 7.97. The molecular formula is C22H16Cl2N2O2. The molecule has 0 spiro atoms. The van der Waals surface area contributed by atoms with E-state index in [1.54, 1.807) is 30.5 Å². The highest BCUT2D eigenvalue weighted by molar-refractivity contribution is 6.36. The zero-order chi connectivity index (χ0) is 19.5. The lowest BCUT2D eigenvalue weighted by Crippen LogP contribution is -1.95. The van der Waals surface area contributed by atoms with Crippen molar-refractivity contribution in [2.24, 2.45) is 0 Å². The van der Waals surface area contributed by atoms with Gasteiger partial charge in [-0.2, -0.15) is 5.10 Å². The van der Waals surface area contributed by atoms with Gasteiger partial charge in [0.05, 0.1) is 16.9 Å². The first-order chi connectivity index (χ1) is 13.6. The molecule has 0 saturated carbocycles. The van der Waals surface area contributed by atoms with Gasteiger partial charge < -0.3 is 9.84 Å². The molecule has 0 aliphatic heterocycles. The number of H-pyrrole nitrogens is 1. The second-order valence-electron chi connectivity index (χ2n) is 6.24. The first kappa shape index (κ1) is 18.4. The summed E-state index contributed by atoms with van der Waals surface area (Å²) in [6.45, 7) is 0.426. The van der Waals surface area contributed by atoms with Crippen LogP contribution in [0.4, 0.5) is 0 Å². The van der Waals surface area contributed by atoms with Crippen molar-refractivity contribution >= 4 is 23.2 Å². The Balaban J connectivity index is 1.61. The molecule has 2 N–H and O–H groups in total. The predicted octanol–water partition coefficient (Wildman–Crippen LogP) is 6.34. The van der Waals surface area contributed by atoms with Gasteiger partial charge in [0.15, 0.2) is 0 Å². The van der Waals surface area contributed by atoms with Gasteiger partial charge in [-0.3, -0.25) is 5.10 Å². The normalized spacial score (nSPS) is 10.8. The number of nitrogens with zero attached hydrogens (tertiary/aromatic N) is 1. The van der Waals surface area contributed by atoms with Gasteiger partial charge in [-0.15, -0.1) is 0 Å². The van der Waals surface area contributed by atoms with Crippen molar-refractivity contribution in [1.29, 1.82) is 0 Å². The minimum absolute atomic E-state index is 0.0844. The molecule has 6 heteroatoms. The van der Waals surface area contributed by atoms with E-state index in [4.69, 9.17) is 27.9 Å². The average molecular weight is 411 g/mol. The van der Waals surface area contributed by atoms with Crippen LogP contribution >= 0.6 is 23.2 Å². The first-order valence-electron chi connectivity index (χ1n) is 8.61. The lowest BCUT2D eigenvalue weighted by molar-refractivity contribution is 0.304. The molecule has 0 saturated heterocycles. The van der Waals surface area contributed by atoms with Crippen LogP contribution in [-0.2, 0) is 6.61 Å². The van der Waals surface area contributed by atoms with Crippen LogP contribution in [0.2, 0.25) is 10.0 Å². The van der Waals surface area contributed by atoms with Crippen molar-refractivity contribution in [3.63, 3.8) is 0 Å². The van der Waals surface area contributed by atoms with Crippen molar-refractivity contribution in [1.82, 2.24) is 10.2 Å². The summed E-state index contributed by atoms with van der Waals surface area (Å²) in [4.78, 5) is 0. The SMILES string of the molecule is Oc1cc(OCc2ccccc2)ccc1-c1[nH]ncc1-c1ccc(Cl)cc1Cl. The van der Waals surface area contributed by atoms with Crippen molar-refractivity contribution in [2.75, 3.05) is 0 Å². The van der Waals surface area contributed by atoms with Crippen molar-refractivity contribution in [2.45, 2.75) is 6.61 Å². The van der Waals surface area contributed by atoms with Crippen LogP contribution < -0.4 is 4.74 Å². The molecule has 0 atom stereocenters. The fourth-order valence-corrected chi connectivity index (χ4v) is 3.47. The van der Waals surface area contributed by atoms with E-state index in [1.807, 2.05) is 42.5 Å². The maximum absolute atomic E-state index is 10.6. The molecule has 1 aromatic heterocycles. The molecule has 1 heterocycles. The largest absolute Gasteiger partial charge is 0.507 e. The van der Waals surface area contributed by atoms with Crippen LogP contribution in [0.3, 0.4) is 0 Å². The van der Waals surface area contributed by atoms with Crippen LogP contribution in [0, 0.1) is 0 Å². The van der Waals surface area contributed by atoms with E-state index in [0.717, 1.165) is 16.7 Å². The van der Waals surface area contributed by atoms with Gasteiger partial charge in [0.1, 0.15) is 18.1 Å². The number of aromatic nitrogens is 2. The summed E-state index contributed by atoms with van der Waals surface area (Å²) >= 11 is 12.3. The molecule has 0 fully saturated rings. The number of aromatic hydroxyl groups is 1. The van der Waals surface area contributed by atoms with Crippen LogP contribution in [0.5, 0.6) is 11.5 Å². The summed E-state index contributed by atoms with van der Waals surface area (Å²) in [5, 5.41) is 18.7. The fraction of sp³-hybridized carbons (Fsp3) is 0.0455. The molecule has 140 valence electrons. The van der Waals surface area contributed by atoms with Crippen LogP contribution in [0.15, 0.2) is 72.9 Å². The number of hydrogen-bond acceptors (Lipinski definition) is 3. The Morgan fingerprint density at radius 1 is 0.893 bits per heavy atom. The monoisotopic (exact) mass is 410 g/mol. The molecule has 0 unspecified atom stereocenters. The van der Waals surface area contributed by atoms with Crippen molar-refractivity contribution < 1.29 is 9.84 Å². The molecule has 4 rings (SSSR count). The topological polar surface area (TPSA) is 58.1 Å². The van der Waals surface area contributed by atoms with Crippen LogP contribution in [0.25, 0.3) is 22.4 Å². The molecule has 4 aromatic rings. The average Bonchev–Trinajstić information content (AvgIpc) is 3.16. The third kappa shape index (κ3) is 3.84. The molecule has 0 radical (unpaired) electrons. The smallest absolute Gasteiger partial charge is 0.128 e. The third-order valence-corrected chi connectivity index (χ3v) is 4.90. The van der Waals surface area contributed by atoms with E-state index in [-0.39, 0.29) is 5.75 Å². The van der Waals surface area contributed by atoms with E-state index in [2.05, 4.69) is 10.2 Å². The highest BCUT2D eigenvalue weighted by Crippen LogP contribution is 2.39. The van der Waals surface area contributed by atoms with E-state index in [9.17, 15) is 5.11 Å². The van der Waals surface area contributed by atoms with Crippen LogP contribution in [-0.4, -0.2) is 15.3 Å². The maximum Gasteiger partial charge on any atom is 0.128 e. The second-order valence-corrected chi connectivity index (χ2v) is 7.08. The van der Waals surface area contributed by atoms with Gasteiger partial charge in [0.25, 0.3) is 0 Å². The summed E-state index contributed by atoms with van der Waals surface area (Å²) in [5.41, 5.74) is 3.87. The summed E-state index contributed by atoms with van der Waals surface area (Å²) in [5.74, 6) is 0.664. The fourth-order valence-electron chi connectivity index (χ4n) is 2.96. The Kier molecular flexibility index (Phi) is 5.24. The van der Waals surface area contributed by atoms with E-state index in [0.29, 0.717) is 33.7 Å². The summed E-state index contributed by atoms with van der Waals surface area (Å²) in [6, 6.07) is 20.3. The van der Waals surface area contributed by atoms with E-state index in [1.165, 1.54) is 0 Å². The Morgan fingerprint density at radius 2 is 1.68 bits per heavy atom. The van der Waals surface area contributed by atoms with Gasteiger partial charge in [0.2, 0.25) is 0 Å². The van der Waals surface area contributed by atoms with Crippen molar-refractivity contribution in [3.05, 3.63) is 88.5 Å². The lowest BCUT2D eigenvalue weighted by atomic mass is 10.0. The number of hydrogen-bond donors (Lipinski definition) is 2. The number of phenols is 1. The Labute approximate surface area is 172 Å². The molecule has 28 heavy (non-hydrogen) atoms. The molecule has 0 amide bonds. The van der Waals surface area contributed by atoms with E-state index < -0.39 is 0 Å². The quantitative estimate of drug-likeness (QED) is 0.403. The third-order valence-electron chi connectivity index (χ3n) is 4.35. The Bertz CT molecular complexity index is 1110. The zero-order valence-electron chi connectivity index (χ0n) is 14.7. The highest BCUT2D eigenvalue weighted by atomic mass is 35.5. The first-order valence-corrected chi connectivity index (χ1v) is 9.36. The number of aromatic amines is 1. The Morgan fingerprint density at radius 3 is 2.43 bits per heavy atom. The standard InChI is InChI=1S/C22H16Cl2N2O2/c23-15-6-8-17(20(24)10-15)19-12-25-26-22(19)18-9-7-16(11-21(18)27)28-13-14-4-2-1-3-5-14/h1-12,27H,13H2,(H,25,26). The van der Waals surface area contributed by atoms with Gasteiger partial charge in [-0.25, -0.2) is 0 Å². The Hall–Kier alpha value is -2.95. The number of nitrogens with one attached hydrogen (secondary N) is 1. The van der Waals surface area contributed by atoms with E-state index >= 15 is 0 Å². The van der Waals surface area contributed by atoms with Crippen LogP contribution in [0.1, 0.15) is 5.56 Å². The summed E-state index contributed by atoms with van der Waals surface area (Å²) < 4.78 is 5.77. The minimum Gasteiger partial charge on any atom is -0.507 e. The highest BCUT2D eigenvalue weighted by Gasteiger charge is 2.16. The number of ether oxygens (including phenoxy) is 1. The van der Waals surface area contributed by atoms with Gasteiger partial charge in [-0.05, 0) is 29.8 Å².